The SMILES string of the molecule is Cc1[nH]ncc1CNC(=O)[C@H](Cc1cn(C)c2ccccc12)NC(=O)OC(C)(C)C. The van der Waals surface area contributed by atoms with Gasteiger partial charge in [0.1, 0.15) is 11.6 Å². The molecular formula is C22H29N5O3. The molecule has 2 heterocycles. The maximum Gasteiger partial charge on any atom is 0.408 e. The molecule has 1 atom stereocenters. The van der Waals surface area contributed by atoms with Gasteiger partial charge in [0.15, 0.2) is 0 Å². The van der Waals surface area contributed by atoms with Gasteiger partial charge < -0.3 is 19.9 Å². The highest BCUT2D eigenvalue weighted by atomic mass is 16.6. The van der Waals surface area contributed by atoms with Crippen molar-refractivity contribution in [1.29, 1.82) is 0 Å². The summed E-state index contributed by atoms with van der Waals surface area (Å²) in [6.45, 7) is 7.57. The highest BCUT2D eigenvalue weighted by molar-refractivity contribution is 5.88. The molecule has 0 aliphatic heterocycles. The van der Waals surface area contributed by atoms with Crippen molar-refractivity contribution in [2.45, 2.75) is 52.3 Å². The second kappa shape index (κ2) is 8.61. The number of rotatable bonds is 6. The van der Waals surface area contributed by atoms with Gasteiger partial charge in [0.25, 0.3) is 0 Å². The second-order valence-electron chi connectivity index (χ2n) is 8.42. The summed E-state index contributed by atoms with van der Waals surface area (Å²) in [5.41, 5.74) is 3.17. The highest BCUT2D eigenvalue weighted by Crippen LogP contribution is 2.22. The Morgan fingerprint density at radius 2 is 1.97 bits per heavy atom. The lowest BCUT2D eigenvalue weighted by Crippen LogP contribution is -2.49. The summed E-state index contributed by atoms with van der Waals surface area (Å²) in [6.07, 6.45) is 3.39. The summed E-state index contributed by atoms with van der Waals surface area (Å²) in [5.74, 6) is -0.283. The molecule has 3 N–H and O–H groups in total. The first-order valence-corrected chi connectivity index (χ1v) is 9.93. The Morgan fingerprint density at radius 3 is 2.63 bits per heavy atom. The number of aromatic nitrogens is 3. The van der Waals surface area contributed by atoms with E-state index in [1.165, 1.54) is 0 Å². The molecule has 0 radical (unpaired) electrons. The molecule has 2 aromatic heterocycles. The van der Waals surface area contributed by atoms with E-state index in [1.54, 1.807) is 27.0 Å². The van der Waals surface area contributed by atoms with Gasteiger partial charge in [-0.15, -0.1) is 0 Å². The van der Waals surface area contributed by atoms with Crippen molar-refractivity contribution in [3.05, 3.63) is 53.5 Å². The minimum absolute atomic E-state index is 0.283. The molecule has 160 valence electrons. The first kappa shape index (κ1) is 21.4. The molecule has 0 spiro atoms. The summed E-state index contributed by atoms with van der Waals surface area (Å²) in [5, 5.41) is 13.5. The monoisotopic (exact) mass is 411 g/mol. The van der Waals surface area contributed by atoms with E-state index in [9.17, 15) is 9.59 Å². The zero-order valence-corrected chi connectivity index (χ0v) is 18.1. The maximum absolute atomic E-state index is 13.0. The number of ether oxygens (including phenoxy) is 1. The number of fused-ring (bicyclic) bond motifs is 1. The Bertz CT molecular complexity index is 1040. The highest BCUT2D eigenvalue weighted by Gasteiger charge is 2.26. The molecular weight excluding hydrogens is 382 g/mol. The topological polar surface area (TPSA) is 101 Å². The van der Waals surface area contributed by atoms with Crippen LogP contribution in [-0.2, 0) is 29.5 Å². The van der Waals surface area contributed by atoms with Gasteiger partial charge in [0.05, 0.1) is 6.20 Å². The largest absolute Gasteiger partial charge is 0.444 e. The molecule has 2 amide bonds. The molecule has 0 unspecified atom stereocenters. The quantitative estimate of drug-likeness (QED) is 0.580. The third kappa shape index (κ3) is 5.20. The first-order valence-electron chi connectivity index (χ1n) is 9.93. The summed E-state index contributed by atoms with van der Waals surface area (Å²) in [7, 11) is 1.96. The Balaban J connectivity index is 1.80. The molecule has 3 aromatic rings. The van der Waals surface area contributed by atoms with Crippen molar-refractivity contribution in [2.24, 2.45) is 7.05 Å². The van der Waals surface area contributed by atoms with Crippen molar-refractivity contribution >= 4 is 22.9 Å². The third-order valence-corrected chi connectivity index (χ3v) is 4.80. The van der Waals surface area contributed by atoms with E-state index in [2.05, 4.69) is 20.8 Å². The van der Waals surface area contributed by atoms with Gasteiger partial charge in [-0.25, -0.2) is 4.79 Å². The average molecular weight is 412 g/mol. The predicted molar refractivity (Wildman–Crippen MR) is 115 cm³/mol. The molecule has 3 rings (SSSR count). The molecule has 30 heavy (non-hydrogen) atoms. The molecule has 0 aliphatic rings. The number of carbonyl (C=O) groups is 2. The lowest BCUT2D eigenvalue weighted by molar-refractivity contribution is -0.123. The van der Waals surface area contributed by atoms with Crippen LogP contribution in [0.5, 0.6) is 0 Å². The van der Waals surface area contributed by atoms with Gasteiger partial charge in [-0.1, -0.05) is 18.2 Å². The predicted octanol–water partition coefficient (Wildman–Crippen LogP) is 2.96. The minimum atomic E-state index is -0.780. The van der Waals surface area contributed by atoms with E-state index in [-0.39, 0.29) is 5.91 Å². The van der Waals surface area contributed by atoms with Crippen molar-refractivity contribution < 1.29 is 14.3 Å². The smallest absolute Gasteiger partial charge is 0.408 e. The number of hydrogen-bond acceptors (Lipinski definition) is 4. The van der Waals surface area contributed by atoms with Gasteiger partial charge in [0, 0.05) is 48.4 Å². The van der Waals surface area contributed by atoms with E-state index in [0.717, 1.165) is 27.7 Å². The standard InChI is InChI=1S/C22H29N5O3/c1-14-16(12-24-26-14)11-23-20(28)18(25-21(29)30-22(2,3)4)10-15-13-27(5)19-9-7-6-8-17(15)19/h6-9,12-13,18H,10-11H2,1-5H3,(H,23,28)(H,24,26)(H,25,29)/t18-/m0/s1. The number of carbonyl (C=O) groups excluding carboxylic acids is 2. The molecule has 8 nitrogen and oxygen atoms in total. The average Bonchev–Trinajstić information content (AvgIpc) is 3.21. The molecule has 8 heteroatoms. The Hall–Kier alpha value is -3.29. The van der Waals surface area contributed by atoms with Crippen molar-refractivity contribution in [3.8, 4) is 0 Å². The number of nitrogens with zero attached hydrogens (tertiary/aromatic N) is 2. The Kier molecular flexibility index (Phi) is 6.14. The Morgan fingerprint density at radius 1 is 1.23 bits per heavy atom. The van der Waals surface area contributed by atoms with Gasteiger partial charge >= 0.3 is 6.09 Å². The van der Waals surface area contributed by atoms with Crippen molar-refractivity contribution in [2.75, 3.05) is 0 Å². The number of benzene rings is 1. The summed E-state index contributed by atoms with van der Waals surface area (Å²) < 4.78 is 7.38. The van der Waals surface area contributed by atoms with Crippen LogP contribution >= 0.6 is 0 Å². The maximum atomic E-state index is 13.0. The van der Waals surface area contributed by atoms with E-state index in [1.807, 2.05) is 49.0 Å². The zero-order chi connectivity index (χ0) is 21.9. The van der Waals surface area contributed by atoms with Crippen LogP contribution in [0.1, 0.15) is 37.6 Å². The lowest BCUT2D eigenvalue weighted by Gasteiger charge is -2.23. The number of aromatic amines is 1. The fourth-order valence-electron chi connectivity index (χ4n) is 3.33. The van der Waals surface area contributed by atoms with Gasteiger partial charge in [0.2, 0.25) is 5.91 Å². The number of para-hydroxylation sites is 1. The molecule has 0 saturated heterocycles. The molecule has 0 bridgehead atoms. The fraction of sp³-hybridized carbons (Fsp3) is 0.409. The van der Waals surface area contributed by atoms with E-state index >= 15 is 0 Å². The zero-order valence-electron chi connectivity index (χ0n) is 18.1. The Labute approximate surface area is 176 Å². The van der Waals surface area contributed by atoms with Crippen LogP contribution in [0.4, 0.5) is 4.79 Å². The van der Waals surface area contributed by atoms with Gasteiger partial charge in [-0.3, -0.25) is 9.89 Å². The second-order valence-corrected chi connectivity index (χ2v) is 8.42. The summed E-state index contributed by atoms with van der Waals surface area (Å²) in [6, 6.07) is 7.20. The summed E-state index contributed by atoms with van der Waals surface area (Å²) >= 11 is 0. The number of alkyl carbamates (subject to hydrolysis) is 1. The normalized spacial score (nSPS) is 12.6. The summed E-state index contributed by atoms with van der Waals surface area (Å²) in [4.78, 5) is 25.4. The number of nitrogens with one attached hydrogen (secondary N) is 3. The van der Waals surface area contributed by atoms with Crippen LogP contribution in [0.3, 0.4) is 0 Å². The van der Waals surface area contributed by atoms with Crippen LogP contribution in [0, 0.1) is 6.92 Å². The van der Waals surface area contributed by atoms with Crippen LogP contribution in [0.25, 0.3) is 10.9 Å². The van der Waals surface area contributed by atoms with Crippen LogP contribution in [-0.4, -0.2) is 38.4 Å². The molecule has 0 fully saturated rings. The first-order chi connectivity index (χ1) is 14.1. The van der Waals surface area contributed by atoms with Gasteiger partial charge in [-0.05, 0) is 39.3 Å². The third-order valence-electron chi connectivity index (χ3n) is 4.80. The van der Waals surface area contributed by atoms with Crippen LogP contribution in [0.15, 0.2) is 36.7 Å². The number of H-pyrrole nitrogens is 1. The number of aryl methyl sites for hydroxylation is 2. The van der Waals surface area contributed by atoms with Crippen LogP contribution < -0.4 is 10.6 Å². The lowest BCUT2D eigenvalue weighted by atomic mass is 10.0. The number of amides is 2. The molecule has 1 aromatic carbocycles. The molecule has 0 aliphatic carbocycles. The molecule has 0 saturated carbocycles. The van der Waals surface area contributed by atoms with Crippen molar-refractivity contribution in [3.63, 3.8) is 0 Å². The van der Waals surface area contributed by atoms with E-state index < -0.39 is 17.7 Å². The number of hydrogen-bond donors (Lipinski definition) is 3. The van der Waals surface area contributed by atoms with Crippen LogP contribution in [0.2, 0.25) is 0 Å². The van der Waals surface area contributed by atoms with Gasteiger partial charge in [-0.2, -0.15) is 5.10 Å². The van der Waals surface area contributed by atoms with E-state index in [0.29, 0.717) is 13.0 Å². The van der Waals surface area contributed by atoms with Crippen molar-refractivity contribution in [1.82, 2.24) is 25.4 Å². The minimum Gasteiger partial charge on any atom is -0.444 e. The fourth-order valence-corrected chi connectivity index (χ4v) is 3.33. The van der Waals surface area contributed by atoms with E-state index in [4.69, 9.17) is 4.74 Å².